The topological polar surface area (TPSA) is 77.4 Å². The number of hydrogen-bond acceptors (Lipinski definition) is 6. The maximum atomic E-state index is 5.78. The fourth-order valence-corrected chi connectivity index (χ4v) is 3.20. The molecule has 1 aromatic rings. The largest absolute Gasteiger partial charge is 0.364 e. The predicted octanol–water partition coefficient (Wildman–Crippen LogP) is 1.67. The second-order valence-electron chi connectivity index (χ2n) is 6.11. The smallest absolute Gasteiger partial charge is 0.255 e. The van der Waals surface area contributed by atoms with Crippen molar-refractivity contribution in [3.8, 4) is 0 Å². The van der Waals surface area contributed by atoms with Crippen LogP contribution in [0, 0.1) is 0 Å². The van der Waals surface area contributed by atoms with Gasteiger partial charge in [0.15, 0.2) is 5.82 Å². The van der Waals surface area contributed by atoms with Gasteiger partial charge in [0.1, 0.15) is 6.10 Å². The third-order valence-electron chi connectivity index (χ3n) is 4.45. The van der Waals surface area contributed by atoms with Crippen LogP contribution in [0.5, 0.6) is 0 Å². The van der Waals surface area contributed by atoms with Crippen LogP contribution in [0.15, 0.2) is 4.52 Å². The fraction of sp³-hybridized carbons (Fsp3) is 0.867. The Bertz CT molecular complexity index is 431. The van der Waals surface area contributed by atoms with E-state index < -0.39 is 0 Å². The lowest BCUT2D eigenvalue weighted by Gasteiger charge is -2.25. The summed E-state index contributed by atoms with van der Waals surface area (Å²) in [6.07, 6.45) is 8.04. The Morgan fingerprint density at radius 2 is 2.05 bits per heavy atom. The van der Waals surface area contributed by atoms with Gasteiger partial charge < -0.3 is 19.9 Å². The highest BCUT2D eigenvalue weighted by atomic mass is 16.5. The first-order chi connectivity index (χ1) is 10.3. The van der Waals surface area contributed by atoms with E-state index in [-0.39, 0.29) is 12.2 Å². The molecule has 2 aliphatic rings. The van der Waals surface area contributed by atoms with Crippen molar-refractivity contribution in [2.45, 2.75) is 57.2 Å². The summed E-state index contributed by atoms with van der Waals surface area (Å²) in [5.74, 6) is 1.43. The van der Waals surface area contributed by atoms with Gasteiger partial charge in [-0.05, 0) is 51.7 Å². The standard InChI is InChI=1S/C15H26N4O2/c16-11-12-6-7-13(20-12)15-17-14(18-21-15)5-4-10-19-8-2-1-3-9-19/h12-13H,1-11,16H2. The van der Waals surface area contributed by atoms with Crippen LogP contribution in [0.1, 0.15) is 56.3 Å². The zero-order chi connectivity index (χ0) is 14.5. The average Bonchev–Trinajstić information content (AvgIpc) is 3.17. The number of ether oxygens (including phenoxy) is 1. The number of likely N-dealkylation sites (tertiary alicyclic amines) is 1. The molecule has 0 aliphatic carbocycles. The molecule has 0 amide bonds. The van der Waals surface area contributed by atoms with Crippen LogP contribution >= 0.6 is 0 Å². The van der Waals surface area contributed by atoms with Gasteiger partial charge in [0, 0.05) is 13.0 Å². The molecular weight excluding hydrogens is 268 g/mol. The third kappa shape index (κ3) is 4.02. The first-order valence-corrected chi connectivity index (χ1v) is 8.25. The lowest BCUT2D eigenvalue weighted by Crippen LogP contribution is -2.30. The molecule has 2 unspecified atom stereocenters. The molecular formula is C15H26N4O2. The molecule has 0 radical (unpaired) electrons. The lowest BCUT2D eigenvalue weighted by molar-refractivity contribution is 0.0307. The van der Waals surface area contributed by atoms with Crippen molar-refractivity contribution >= 4 is 0 Å². The molecule has 21 heavy (non-hydrogen) atoms. The first kappa shape index (κ1) is 14.9. The van der Waals surface area contributed by atoms with E-state index in [2.05, 4.69) is 15.0 Å². The van der Waals surface area contributed by atoms with E-state index in [4.69, 9.17) is 15.0 Å². The number of hydrogen-bond donors (Lipinski definition) is 1. The van der Waals surface area contributed by atoms with Crippen LogP contribution in [0.3, 0.4) is 0 Å². The van der Waals surface area contributed by atoms with Gasteiger partial charge in [-0.2, -0.15) is 4.98 Å². The van der Waals surface area contributed by atoms with Crippen molar-refractivity contribution in [1.29, 1.82) is 0 Å². The van der Waals surface area contributed by atoms with Crippen molar-refractivity contribution in [3.05, 3.63) is 11.7 Å². The predicted molar refractivity (Wildman–Crippen MR) is 78.8 cm³/mol. The molecule has 2 saturated heterocycles. The Morgan fingerprint density at radius 3 is 2.81 bits per heavy atom. The summed E-state index contributed by atoms with van der Waals surface area (Å²) < 4.78 is 11.1. The lowest BCUT2D eigenvalue weighted by atomic mass is 10.1. The van der Waals surface area contributed by atoms with Gasteiger partial charge in [0.05, 0.1) is 6.10 Å². The molecule has 0 aromatic carbocycles. The van der Waals surface area contributed by atoms with E-state index >= 15 is 0 Å². The Kier molecular flexibility index (Phi) is 5.22. The van der Waals surface area contributed by atoms with E-state index in [1.807, 2.05) is 0 Å². The van der Waals surface area contributed by atoms with Gasteiger partial charge in [-0.25, -0.2) is 0 Å². The number of aromatic nitrogens is 2. The molecule has 2 aliphatic heterocycles. The fourth-order valence-electron chi connectivity index (χ4n) is 3.20. The number of nitrogens with two attached hydrogens (primary N) is 1. The molecule has 6 heteroatoms. The molecule has 2 fully saturated rings. The maximum absolute atomic E-state index is 5.78. The highest BCUT2D eigenvalue weighted by Crippen LogP contribution is 2.31. The number of nitrogens with zero attached hydrogens (tertiary/aromatic N) is 3. The van der Waals surface area contributed by atoms with Crippen molar-refractivity contribution < 1.29 is 9.26 Å². The van der Waals surface area contributed by atoms with Crippen molar-refractivity contribution in [1.82, 2.24) is 15.0 Å². The van der Waals surface area contributed by atoms with Crippen molar-refractivity contribution in [3.63, 3.8) is 0 Å². The summed E-state index contributed by atoms with van der Waals surface area (Å²) in [5, 5.41) is 4.08. The summed E-state index contributed by atoms with van der Waals surface area (Å²) in [6.45, 7) is 4.19. The summed E-state index contributed by atoms with van der Waals surface area (Å²) in [7, 11) is 0. The molecule has 2 atom stereocenters. The van der Waals surface area contributed by atoms with Crippen LogP contribution < -0.4 is 5.73 Å². The Balaban J connectivity index is 1.42. The zero-order valence-electron chi connectivity index (χ0n) is 12.7. The van der Waals surface area contributed by atoms with Crippen LogP contribution in [0.4, 0.5) is 0 Å². The van der Waals surface area contributed by atoms with Crippen LogP contribution in [0.2, 0.25) is 0 Å². The highest BCUT2D eigenvalue weighted by molar-refractivity contribution is 4.93. The number of piperidine rings is 1. The molecule has 6 nitrogen and oxygen atoms in total. The molecule has 1 aromatic heterocycles. The van der Waals surface area contributed by atoms with E-state index in [9.17, 15) is 0 Å². The van der Waals surface area contributed by atoms with Gasteiger partial charge in [-0.3, -0.25) is 0 Å². The molecule has 0 saturated carbocycles. The van der Waals surface area contributed by atoms with E-state index in [0.717, 1.165) is 38.1 Å². The molecule has 118 valence electrons. The van der Waals surface area contributed by atoms with Crippen LogP contribution in [0.25, 0.3) is 0 Å². The summed E-state index contributed by atoms with van der Waals surface area (Å²) in [5.41, 5.74) is 5.62. The SMILES string of the molecule is NCC1CCC(c2nc(CCCN3CCCCC3)no2)O1. The van der Waals surface area contributed by atoms with Crippen LogP contribution in [-0.4, -0.2) is 47.3 Å². The second kappa shape index (κ2) is 7.33. The number of rotatable bonds is 6. The molecule has 0 bridgehead atoms. The van der Waals surface area contributed by atoms with Gasteiger partial charge in [-0.1, -0.05) is 11.6 Å². The zero-order valence-corrected chi connectivity index (χ0v) is 12.7. The molecule has 2 N–H and O–H groups in total. The van der Waals surface area contributed by atoms with Gasteiger partial charge >= 0.3 is 0 Å². The van der Waals surface area contributed by atoms with Gasteiger partial charge in [0.2, 0.25) is 0 Å². The Hall–Kier alpha value is -0.980. The number of aryl methyl sites for hydroxylation is 1. The molecule has 0 spiro atoms. The summed E-state index contributed by atoms with van der Waals surface area (Å²) in [6, 6.07) is 0. The molecule has 3 rings (SSSR count). The molecule has 3 heterocycles. The minimum absolute atomic E-state index is 0.0538. The van der Waals surface area contributed by atoms with Crippen LogP contribution in [-0.2, 0) is 11.2 Å². The maximum Gasteiger partial charge on any atom is 0.255 e. The Morgan fingerprint density at radius 1 is 1.19 bits per heavy atom. The second-order valence-corrected chi connectivity index (χ2v) is 6.11. The third-order valence-corrected chi connectivity index (χ3v) is 4.45. The first-order valence-electron chi connectivity index (χ1n) is 8.25. The van der Waals surface area contributed by atoms with Crippen molar-refractivity contribution in [2.24, 2.45) is 5.73 Å². The van der Waals surface area contributed by atoms with Gasteiger partial charge in [-0.15, -0.1) is 0 Å². The monoisotopic (exact) mass is 294 g/mol. The summed E-state index contributed by atoms with van der Waals surface area (Å²) >= 11 is 0. The van der Waals surface area contributed by atoms with Gasteiger partial charge in [0.25, 0.3) is 5.89 Å². The average molecular weight is 294 g/mol. The quantitative estimate of drug-likeness (QED) is 0.860. The summed E-state index contributed by atoms with van der Waals surface area (Å²) in [4.78, 5) is 7.02. The Labute approximate surface area is 126 Å². The van der Waals surface area contributed by atoms with Crippen molar-refractivity contribution in [2.75, 3.05) is 26.2 Å². The highest BCUT2D eigenvalue weighted by Gasteiger charge is 2.29. The van der Waals surface area contributed by atoms with E-state index in [1.54, 1.807) is 0 Å². The van der Waals surface area contributed by atoms with E-state index in [0.29, 0.717) is 12.4 Å². The minimum Gasteiger partial charge on any atom is -0.364 e. The normalized spacial score (nSPS) is 27.3. The van der Waals surface area contributed by atoms with E-state index in [1.165, 1.54) is 32.4 Å². The minimum atomic E-state index is -0.0538.